The number of nitrogens with one attached hydrogen (secondary N) is 1. The van der Waals surface area contributed by atoms with Crippen molar-refractivity contribution >= 4 is 17.3 Å². The summed E-state index contributed by atoms with van der Waals surface area (Å²) in [5, 5.41) is 23.3. The van der Waals surface area contributed by atoms with Crippen LogP contribution in [-0.4, -0.2) is 46.2 Å². The maximum atomic E-state index is 11.3. The van der Waals surface area contributed by atoms with Crippen LogP contribution < -0.4 is 10.2 Å². The van der Waals surface area contributed by atoms with E-state index < -0.39 is 4.92 Å². The van der Waals surface area contributed by atoms with Gasteiger partial charge in [-0.15, -0.1) is 0 Å². The first-order chi connectivity index (χ1) is 9.65. The second kappa shape index (κ2) is 8.26. The number of aromatic nitrogens is 2. The summed E-state index contributed by atoms with van der Waals surface area (Å²) >= 11 is 0. The van der Waals surface area contributed by atoms with Crippen molar-refractivity contribution in [2.24, 2.45) is 0 Å². The fraction of sp³-hybridized carbons (Fsp3) is 0.667. The molecule has 112 valence electrons. The molecule has 0 aromatic carbocycles. The van der Waals surface area contributed by atoms with Crippen LogP contribution in [0.15, 0.2) is 6.33 Å². The maximum Gasteiger partial charge on any atom is 0.353 e. The normalized spacial score (nSPS) is 10.3. The third-order valence-corrected chi connectivity index (χ3v) is 2.86. The lowest BCUT2D eigenvalue weighted by atomic mass is 10.3. The van der Waals surface area contributed by atoms with Crippen molar-refractivity contribution in [1.82, 2.24) is 9.97 Å². The Labute approximate surface area is 118 Å². The Kier molecular flexibility index (Phi) is 6.65. The summed E-state index contributed by atoms with van der Waals surface area (Å²) in [5.41, 5.74) is -0.140. The average molecular weight is 283 g/mol. The SMILES string of the molecule is CCCCNc1ncnc(N(CC)CCO)c1[N+](=O)[O-]. The number of nitrogens with zero attached hydrogens (tertiary/aromatic N) is 4. The Morgan fingerprint density at radius 1 is 1.45 bits per heavy atom. The van der Waals surface area contributed by atoms with Crippen LogP contribution in [0.5, 0.6) is 0 Å². The van der Waals surface area contributed by atoms with E-state index in [1.807, 2.05) is 13.8 Å². The Morgan fingerprint density at radius 2 is 2.20 bits per heavy atom. The lowest BCUT2D eigenvalue weighted by Gasteiger charge is -2.20. The molecule has 0 bridgehead atoms. The minimum atomic E-state index is -0.482. The number of rotatable bonds is 9. The van der Waals surface area contributed by atoms with Gasteiger partial charge in [0.1, 0.15) is 6.33 Å². The highest BCUT2D eigenvalue weighted by Gasteiger charge is 2.25. The molecule has 0 saturated heterocycles. The number of likely N-dealkylation sites (N-methyl/N-ethyl adjacent to an activating group) is 1. The van der Waals surface area contributed by atoms with Gasteiger partial charge in [-0.25, -0.2) is 9.97 Å². The van der Waals surface area contributed by atoms with Crippen LogP contribution in [0.25, 0.3) is 0 Å². The fourth-order valence-electron chi connectivity index (χ4n) is 1.82. The molecule has 0 fully saturated rings. The third-order valence-electron chi connectivity index (χ3n) is 2.86. The highest BCUT2D eigenvalue weighted by Crippen LogP contribution is 2.31. The second-order valence-corrected chi connectivity index (χ2v) is 4.24. The smallest absolute Gasteiger partial charge is 0.353 e. The van der Waals surface area contributed by atoms with Gasteiger partial charge in [0.05, 0.1) is 11.5 Å². The zero-order valence-electron chi connectivity index (χ0n) is 11.9. The molecule has 8 nitrogen and oxygen atoms in total. The molecule has 1 rings (SSSR count). The van der Waals surface area contributed by atoms with Crippen molar-refractivity contribution in [1.29, 1.82) is 0 Å². The van der Waals surface area contributed by atoms with Crippen LogP contribution in [0.3, 0.4) is 0 Å². The number of aliphatic hydroxyl groups is 1. The number of nitro groups is 1. The molecule has 0 amide bonds. The van der Waals surface area contributed by atoms with Gasteiger partial charge in [-0.05, 0) is 13.3 Å². The minimum Gasteiger partial charge on any atom is -0.395 e. The van der Waals surface area contributed by atoms with Crippen LogP contribution >= 0.6 is 0 Å². The van der Waals surface area contributed by atoms with E-state index in [1.54, 1.807) is 4.90 Å². The summed E-state index contributed by atoms with van der Waals surface area (Å²) in [4.78, 5) is 20.4. The van der Waals surface area contributed by atoms with Crippen molar-refractivity contribution in [3.63, 3.8) is 0 Å². The van der Waals surface area contributed by atoms with Crippen molar-refractivity contribution < 1.29 is 10.0 Å². The summed E-state index contributed by atoms with van der Waals surface area (Å²) in [5.74, 6) is 0.463. The predicted octanol–water partition coefficient (Wildman–Crippen LogP) is 1.42. The van der Waals surface area contributed by atoms with Gasteiger partial charge in [-0.3, -0.25) is 10.1 Å². The van der Waals surface area contributed by atoms with Gasteiger partial charge in [-0.2, -0.15) is 0 Å². The van der Waals surface area contributed by atoms with E-state index in [0.29, 0.717) is 19.6 Å². The highest BCUT2D eigenvalue weighted by atomic mass is 16.6. The molecule has 1 aromatic rings. The van der Waals surface area contributed by atoms with E-state index in [1.165, 1.54) is 6.33 Å². The van der Waals surface area contributed by atoms with E-state index in [0.717, 1.165) is 12.8 Å². The van der Waals surface area contributed by atoms with Crippen LogP contribution in [-0.2, 0) is 0 Å². The molecule has 0 radical (unpaired) electrons. The molecular weight excluding hydrogens is 262 g/mol. The third kappa shape index (κ3) is 4.02. The zero-order valence-corrected chi connectivity index (χ0v) is 11.9. The van der Waals surface area contributed by atoms with E-state index in [4.69, 9.17) is 5.11 Å². The number of unbranched alkanes of at least 4 members (excludes halogenated alkanes) is 1. The number of anilines is 2. The maximum absolute atomic E-state index is 11.3. The van der Waals surface area contributed by atoms with Crippen LogP contribution in [0.4, 0.5) is 17.3 Å². The van der Waals surface area contributed by atoms with E-state index in [2.05, 4.69) is 15.3 Å². The first-order valence-corrected chi connectivity index (χ1v) is 6.74. The molecular formula is C12H21N5O3. The number of hydrogen-bond donors (Lipinski definition) is 2. The predicted molar refractivity (Wildman–Crippen MR) is 77.1 cm³/mol. The molecule has 0 atom stereocenters. The molecule has 2 N–H and O–H groups in total. The molecule has 0 aliphatic carbocycles. The van der Waals surface area contributed by atoms with E-state index >= 15 is 0 Å². The van der Waals surface area contributed by atoms with Gasteiger partial charge in [0.25, 0.3) is 0 Å². The van der Waals surface area contributed by atoms with Gasteiger partial charge < -0.3 is 15.3 Å². The largest absolute Gasteiger partial charge is 0.395 e. The lowest BCUT2D eigenvalue weighted by Crippen LogP contribution is -2.28. The molecule has 0 spiro atoms. The van der Waals surface area contributed by atoms with E-state index in [-0.39, 0.29) is 23.9 Å². The highest BCUT2D eigenvalue weighted by molar-refractivity contribution is 5.70. The number of aliphatic hydroxyl groups excluding tert-OH is 1. The average Bonchev–Trinajstić information content (AvgIpc) is 2.44. The summed E-state index contributed by atoms with van der Waals surface area (Å²) in [6.45, 7) is 5.25. The van der Waals surface area contributed by atoms with Crippen molar-refractivity contribution in [3.05, 3.63) is 16.4 Å². The van der Waals surface area contributed by atoms with Gasteiger partial charge >= 0.3 is 5.69 Å². The Hall–Kier alpha value is -1.96. The van der Waals surface area contributed by atoms with Crippen LogP contribution in [0, 0.1) is 10.1 Å². The summed E-state index contributed by atoms with van der Waals surface area (Å²) in [6.07, 6.45) is 3.20. The first kappa shape index (κ1) is 16.1. The molecule has 20 heavy (non-hydrogen) atoms. The second-order valence-electron chi connectivity index (χ2n) is 4.24. The number of hydrogen-bond acceptors (Lipinski definition) is 7. The van der Waals surface area contributed by atoms with Crippen LogP contribution in [0.1, 0.15) is 26.7 Å². The molecule has 0 saturated carbocycles. The fourth-order valence-corrected chi connectivity index (χ4v) is 1.82. The molecule has 1 heterocycles. The molecule has 0 unspecified atom stereocenters. The Balaban J connectivity index is 3.10. The topological polar surface area (TPSA) is 104 Å². The molecule has 0 aliphatic heterocycles. The summed E-state index contributed by atoms with van der Waals surface area (Å²) in [7, 11) is 0. The Bertz CT molecular complexity index is 441. The van der Waals surface area contributed by atoms with Gasteiger partial charge in [-0.1, -0.05) is 13.3 Å². The monoisotopic (exact) mass is 283 g/mol. The van der Waals surface area contributed by atoms with Crippen LogP contribution in [0.2, 0.25) is 0 Å². The van der Waals surface area contributed by atoms with Crippen molar-refractivity contribution in [2.75, 3.05) is 36.5 Å². The minimum absolute atomic E-state index is 0.0897. The van der Waals surface area contributed by atoms with E-state index in [9.17, 15) is 10.1 Å². The standard InChI is InChI=1S/C12H21N5O3/c1-3-5-6-13-11-10(17(19)20)12(15-9-14-11)16(4-2)7-8-18/h9,18H,3-8H2,1-2H3,(H,13,14,15). The van der Waals surface area contributed by atoms with Crippen molar-refractivity contribution in [3.8, 4) is 0 Å². The van der Waals surface area contributed by atoms with Crippen molar-refractivity contribution in [2.45, 2.75) is 26.7 Å². The molecule has 0 aliphatic rings. The molecule has 8 heteroatoms. The van der Waals surface area contributed by atoms with Gasteiger partial charge in [0.2, 0.25) is 11.6 Å². The lowest BCUT2D eigenvalue weighted by molar-refractivity contribution is -0.383. The summed E-state index contributed by atoms with van der Waals surface area (Å²) < 4.78 is 0. The van der Waals surface area contributed by atoms with Gasteiger partial charge in [0, 0.05) is 19.6 Å². The first-order valence-electron chi connectivity index (χ1n) is 6.74. The zero-order chi connectivity index (χ0) is 15.0. The summed E-state index contributed by atoms with van der Waals surface area (Å²) in [6, 6.07) is 0. The Morgan fingerprint density at radius 3 is 2.75 bits per heavy atom. The van der Waals surface area contributed by atoms with Gasteiger partial charge in [0.15, 0.2) is 0 Å². The quantitative estimate of drug-likeness (QED) is 0.401. The molecule has 1 aromatic heterocycles.